The van der Waals surface area contributed by atoms with Crippen molar-refractivity contribution in [1.82, 2.24) is 5.32 Å². The van der Waals surface area contributed by atoms with Gasteiger partial charge in [0.15, 0.2) is 0 Å². The Morgan fingerprint density at radius 2 is 2.17 bits per heavy atom. The van der Waals surface area contributed by atoms with Crippen molar-refractivity contribution in [1.29, 1.82) is 0 Å². The lowest BCUT2D eigenvalue weighted by Crippen LogP contribution is -2.20. The van der Waals surface area contributed by atoms with Gasteiger partial charge in [0.05, 0.1) is 7.11 Å². The van der Waals surface area contributed by atoms with E-state index >= 15 is 0 Å². The zero-order valence-corrected chi connectivity index (χ0v) is 10.2. The van der Waals surface area contributed by atoms with Crippen LogP contribution in [0.5, 0.6) is 0 Å². The molecule has 0 aliphatic rings. The summed E-state index contributed by atoms with van der Waals surface area (Å²) in [6, 6.07) is 7.65. The Kier molecular flexibility index (Phi) is 5.38. The van der Waals surface area contributed by atoms with Crippen LogP contribution >= 0.6 is 0 Å². The number of carbonyl (C=O) groups is 2. The first-order valence-electron chi connectivity index (χ1n) is 5.41. The molecule has 1 N–H and O–H groups in total. The normalized spacial score (nSPS) is 10.1. The summed E-state index contributed by atoms with van der Waals surface area (Å²) >= 11 is 0. The molecule has 0 spiro atoms. The van der Waals surface area contributed by atoms with Crippen LogP contribution in [0.1, 0.15) is 11.1 Å². The lowest BCUT2D eigenvalue weighted by Gasteiger charge is -2.03. The fourth-order valence-corrected chi connectivity index (χ4v) is 1.29. The van der Waals surface area contributed by atoms with Crippen LogP contribution in [-0.2, 0) is 20.9 Å². The van der Waals surface area contributed by atoms with Gasteiger partial charge in [0.2, 0.25) is 5.91 Å². The first-order chi connectivity index (χ1) is 8.65. The second-order valence-corrected chi connectivity index (χ2v) is 3.52. The number of ether oxygens (including phenoxy) is 1. The largest absolute Gasteiger partial charge is 0.466 e. The molecule has 0 fully saturated rings. The van der Waals surface area contributed by atoms with Gasteiger partial charge in [0.1, 0.15) is 0 Å². The molecule has 1 aromatic carbocycles. The van der Waals surface area contributed by atoms with Crippen LogP contribution < -0.4 is 5.32 Å². The number of esters is 1. The van der Waals surface area contributed by atoms with Gasteiger partial charge in [-0.1, -0.05) is 30.9 Å². The minimum absolute atomic E-state index is 0.343. The Hall–Kier alpha value is -2.36. The summed E-state index contributed by atoms with van der Waals surface area (Å²) in [6.07, 6.45) is 3.96. The quantitative estimate of drug-likeness (QED) is 0.634. The summed E-state index contributed by atoms with van der Waals surface area (Å²) in [6.45, 7) is 4.07. The Morgan fingerprint density at radius 1 is 1.39 bits per heavy atom. The summed E-state index contributed by atoms with van der Waals surface area (Å²) in [7, 11) is 1.26. The van der Waals surface area contributed by atoms with Crippen LogP contribution in [0.3, 0.4) is 0 Å². The lowest BCUT2D eigenvalue weighted by atomic mass is 10.1. The van der Waals surface area contributed by atoms with E-state index in [-0.39, 0.29) is 5.91 Å². The summed E-state index contributed by atoms with van der Waals surface area (Å²) in [5, 5.41) is 2.66. The predicted octanol–water partition coefficient (Wildman–Crippen LogP) is 1.67. The van der Waals surface area contributed by atoms with Crippen molar-refractivity contribution in [3.8, 4) is 0 Å². The molecule has 1 aromatic rings. The highest BCUT2D eigenvalue weighted by Crippen LogP contribution is 2.05. The molecular formula is C14H15NO3. The molecule has 4 nitrogen and oxygen atoms in total. The third kappa shape index (κ3) is 4.65. The molecule has 4 heteroatoms. The Bertz CT molecular complexity index is 478. The number of benzene rings is 1. The minimum Gasteiger partial charge on any atom is -0.466 e. The van der Waals surface area contributed by atoms with E-state index in [2.05, 4.69) is 16.6 Å². The van der Waals surface area contributed by atoms with Crippen molar-refractivity contribution in [3.05, 3.63) is 54.1 Å². The van der Waals surface area contributed by atoms with Crippen molar-refractivity contribution in [2.24, 2.45) is 0 Å². The van der Waals surface area contributed by atoms with Crippen molar-refractivity contribution in [3.63, 3.8) is 0 Å². The van der Waals surface area contributed by atoms with Gasteiger partial charge in [-0.15, -0.1) is 0 Å². The van der Waals surface area contributed by atoms with Crippen LogP contribution in [-0.4, -0.2) is 19.0 Å². The standard InChI is InChI=1S/C14H15NO3/c1-3-11-5-4-6-12(9-11)10-15-13(16)7-8-14(17)18-2/h3-9H,1,10H2,2H3,(H,15,16)/b8-7-. The first-order valence-corrected chi connectivity index (χ1v) is 5.41. The smallest absolute Gasteiger partial charge is 0.330 e. The molecule has 0 bridgehead atoms. The number of hydrogen-bond donors (Lipinski definition) is 1. The summed E-state index contributed by atoms with van der Waals surface area (Å²) in [4.78, 5) is 22.1. The molecule has 0 saturated carbocycles. The van der Waals surface area contributed by atoms with Crippen LogP contribution in [0.15, 0.2) is 43.0 Å². The monoisotopic (exact) mass is 245 g/mol. The summed E-state index contributed by atoms with van der Waals surface area (Å²) < 4.78 is 4.38. The lowest BCUT2D eigenvalue weighted by molar-refractivity contribution is -0.135. The highest BCUT2D eigenvalue weighted by Gasteiger charge is 1.99. The van der Waals surface area contributed by atoms with E-state index < -0.39 is 5.97 Å². The Labute approximate surface area is 106 Å². The first kappa shape index (κ1) is 13.7. The van der Waals surface area contributed by atoms with Crippen molar-refractivity contribution >= 4 is 18.0 Å². The Morgan fingerprint density at radius 3 is 2.83 bits per heavy atom. The zero-order valence-electron chi connectivity index (χ0n) is 10.2. The Balaban J connectivity index is 2.49. The minimum atomic E-state index is -0.557. The number of hydrogen-bond acceptors (Lipinski definition) is 3. The molecule has 0 atom stereocenters. The van der Waals surface area contributed by atoms with Crippen LogP contribution in [0, 0.1) is 0 Å². The van der Waals surface area contributed by atoms with E-state index in [9.17, 15) is 9.59 Å². The molecule has 0 aliphatic heterocycles. The van der Waals surface area contributed by atoms with Crippen LogP contribution in [0.4, 0.5) is 0 Å². The molecule has 0 radical (unpaired) electrons. The van der Waals surface area contributed by atoms with Crippen LogP contribution in [0.25, 0.3) is 6.08 Å². The SMILES string of the molecule is C=Cc1cccc(CNC(=O)/C=C\C(=O)OC)c1. The molecule has 0 aliphatic carbocycles. The molecule has 0 unspecified atom stereocenters. The van der Waals surface area contributed by atoms with Gasteiger partial charge >= 0.3 is 5.97 Å². The van der Waals surface area contributed by atoms with Gasteiger partial charge in [-0.2, -0.15) is 0 Å². The second kappa shape index (κ2) is 7.06. The molecular weight excluding hydrogens is 230 g/mol. The molecule has 18 heavy (non-hydrogen) atoms. The maximum absolute atomic E-state index is 11.4. The maximum Gasteiger partial charge on any atom is 0.330 e. The average molecular weight is 245 g/mol. The highest BCUT2D eigenvalue weighted by atomic mass is 16.5. The molecule has 94 valence electrons. The number of nitrogens with one attached hydrogen (secondary N) is 1. The summed E-state index contributed by atoms with van der Waals surface area (Å²) in [5.41, 5.74) is 1.96. The molecule has 1 rings (SSSR count). The van der Waals surface area contributed by atoms with Crippen LogP contribution in [0.2, 0.25) is 0 Å². The van der Waals surface area contributed by atoms with Crippen molar-refractivity contribution in [2.75, 3.05) is 7.11 Å². The molecule has 0 saturated heterocycles. The number of rotatable bonds is 5. The predicted molar refractivity (Wildman–Crippen MR) is 69.5 cm³/mol. The van der Waals surface area contributed by atoms with E-state index in [0.29, 0.717) is 6.54 Å². The molecule has 0 heterocycles. The van der Waals surface area contributed by atoms with Gasteiger partial charge in [0, 0.05) is 18.7 Å². The van der Waals surface area contributed by atoms with E-state index in [0.717, 1.165) is 23.3 Å². The zero-order chi connectivity index (χ0) is 13.4. The topological polar surface area (TPSA) is 55.4 Å². The van der Waals surface area contributed by atoms with Gasteiger partial charge in [-0.25, -0.2) is 4.79 Å². The molecule has 1 amide bonds. The fraction of sp³-hybridized carbons (Fsp3) is 0.143. The number of methoxy groups -OCH3 is 1. The van der Waals surface area contributed by atoms with Gasteiger partial charge < -0.3 is 10.1 Å². The van der Waals surface area contributed by atoms with Gasteiger partial charge in [-0.05, 0) is 17.2 Å². The molecule has 0 aromatic heterocycles. The van der Waals surface area contributed by atoms with Gasteiger partial charge in [0.25, 0.3) is 0 Å². The average Bonchev–Trinajstić information content (AvgIpc) is 2.42. The van der Waals surface area contributed by atoms with Crippen molar-refractivity contribution < 1.29 is 14.3 Å². The third-order valence-electron chi connectivity index (χ3n) is 2.23. The van der Waals surface area contributed by atoms with E-state index in [1.54, 1.807) is 6.08 Å². The third-order valence-corrected chi connectivity index (χ3v) is 2.23. The van der Waals surface area contributed by atoms with E-state index in [4.69, 9.17) is 0 Å². The van der Waals surface area contributed by atoms with E-state index in [1.165, 1.54) is 7.11 Å². The maximum atomic E-state index is 11.4. The second-order valence-electron chi connectivity index (χ2n) is 3.52. The number of carbonyl (C=O) groups excluding carboxylic acids is 2. The highest BCUT2D eigenvalue weighted by molar-refractivity contribution is 5.94. The van der Waals surface area contributed by atoms with Gasteiger partial charge in [-0.3, -0.25) is 4.79 Å². The fourth-order valence-electron chi connectivity index (χ4n) is 1.29. The van der Waals surface area contributed by atoms with Crippen molar-refractivity contribution in [2.45, 2.75) is 6.54 Å². The summed E-state index contributed by atoms with van der Waals surface area (Å²) in [5.74, 6) is -0.900. The van der Waals surface area contributed by atoms with E-state index in [1.807, 2.05) is 24.3 Å². The number of amides is 1.